The minimum absolute atomic E-state index is 0.467. The highest BCUT2D eigenvalue weighted by Crippen LogP contribution is 2.16. The summed E-state index contributed by atoms with van der Waals surface area (Å²) in [4.78, 5) is 10.7. The third-order valence-electron chi connectivity index (χ3n) is 2.73. The van der Waals surface area contributed by atoms with Crippen LogP contribution in [-0.2, 0) is 0 Å². The lowest BCUT2D eigenvalue weighted by Gasteiger charge is -2.09. The molecule has 0 amide bonds. The zero-order valence-corrected chi connectivity index (χ0v) is 10.8. The molecule has 2 rings (SSSR count). The Bertz CT molecular complexity index is 535. The van der Waals surface area contributed by atoms with E-state index >= 15 is 0 Å². The molecule has 0 fully saturated rings. The Labute approximate surface area is 112 Å². The highest BCUT2D eigenvalue weighted by molar-refractivity contribution is 5.77. The molecule has 98 valence electrons. The summed E-state index contributed by atoms with van der Waals surface area (Å²) in [5.41, 5.74) is 1.60. The second-order valence-corrected chi connectivity index (χ2v) is 4.15. The zero-order valence-electron chi connectivity index (χ0n) is 10.8. The highest BCUT2D eigenvalue weighted by atomic mass is 16.5. The third-order valence-corrected chi connectivity index (χ3v) is 2.73. The highest BCUT2D eigenvalue weighted by Gasteiger charge is 2.00. The summed E-state index contributed by atoms with van der Waals surface area (Å²) in [5.74, 6) is 1.58. The first-order valence-electron chi connectivity index (χ1n) is 6.16. The maximum absolute atomic E-state index is 10.7. The Balaban J connectivity index is 1.80. The van der Waals surface area contributed by atoms with Gasteiger partial charge in [0.1, 0.15) is 31.0 Å². The maximum Gasteiger partial charge on any atom is 0.150 e. The summed E-state index contributed by atoms with van der Waals surface area (Å²) in [6.07, 6.45) is 0.845. The molecule has 0 radical (unpaired) electrons. The topological polar surface area (TPSA) is 35.5 Å². The smallest absolute Gasteiger partial charge is 0.150 e. The fourth-order valence-electron chi connectivity index (χ4n) is 1.71. The van der Waals surface area contributed by atoms with Crippen molar-refractivity contribution in [2.75, 3.05) is 13.2 Å². The van der Waals surface area contributed by atoms with Crippen molar-refractivity contribution in [3.05, 3.63) is 59.7 Å². The van der Waals surface area contributed by atoms with Crippen molar-refractivity contribution in [1.82, 2.24) is 0 Å². The third kappa shape index (κ3) is 3.85. The minimum atomic E-state index is 0.467. The Morgan fingerprint density at radius 1 is 0.947 bits per heavy atom. The van der Waals surface area contributed by atoms with Crippen molar-refractivity contribution in [1.29, 1.82) is 0 Å². The van der Waals surface area contributed by atoms with Gasteiger partial charge in [-0.3, -0.25) is 4.79 Å². The average molecular weight is 256 g/mol. The molecular weight excluding hydrogens is 240 g/mol. The average Bonchev–Trinajstić information content (AvgIpc) is 2.45. The van der Waals surface area contributed by atoms with E-state index in [0.717, 1.165) is 23.3 Å². The lowest BCUT2D eigenvalue weighted by Crippen LogP contribution is -2.09. The Hall–Kier alpha value is -2.29. The van der Waals surface area contributed by atoms with Crippen LogP contribution in [0, 0.1) is 6.92 Å². The number of para-hydroxylation sites is 1. The Morgan fingerprint density at radius 2 is 1.63 bits per heavy atom. The predicted octanol–water partition coefficient (Wildman–Crippen LogP) is 3.27. The zero-order chi connectivity index (χ0) is 13.5. The van der Waals surface area contributed by atoms with Gasteiger partial charge in [-0.2, -0.15) is 0 Å². The fourth-order valence-corrected chi connectivity index (χ4v) is 1.71. The Kier molecular flexibility index (Phi) is 4.56. The van der Waals surface area contributed by atoms with E-state index in [1.165, 1.54) is 0 Å². The van der Waals surface area contributed by atoms with Gasteiger partial charge in [-0.05, 0) is 42.8 Å². The van der Waals surface area contributed by atoms with Crippen LogP contribution in [0.1, 0.15) is 15.9 Å². The summed E-state index contributed by atoms with van der Waals surface area (Å²) in [7, 11) is 0. The van der Waals surface area contributed by atoms with E-state index in [-0.39, 0.29) is 0 Å². The van der Waals surface area contributed by atoms with Crippen molar-refractivity contribution in [2.45, 2.75) is 6.92 Å². The molecule has 2 aromatic carbocycles. The monoisotopic (exact) mass is 256 g/mol. The van der Waals surface area contributed by atoms with Gasteiger partial charge in [-0.15, -0.1) is 0 Å². The summed E-state index contributed by atoms with van der Waals surface area (Å²) < 4.78 is 11.1. The molecule has 0 heterocycles. The van der Waals surface area contributed by atoms with E-state index in [0.29, 0.717) is 18.8 Å². The minimum Gasteiger partial charge on any atom is -0.490 e. The quantitative estimate of drug-likeness (QED) is 0.588. The van der Waals surface area contributed by atoms with Crippen LogP contribution in [0.2, 0.25) is 0 Å². The van der Waals surface area contributed by atoms with Crippen LogP contribution < -0.4 is 9.47 Å². The van der Waals surface area contributed by atoms with E-state index < -0.39 is 0 Å². The molecular formula is C16H16O3. The number of rotatable bonds is 6. The summed E-state index contributed by atoms with van der Waals surface area (Å²) >= 11 is 0. The molecule has 19 heavy (non-hydrogen) atoms. The summed E-state index contributed by atoms with van der Waals surface area (Å²) in [6.45, 7) is 2.84. The molecule has 0 aliphatic rings. The molecule has 2 aromatic rings. The molecule has 0 unspecified atom stereocenters. The summed E-state index contributed by atoms with van der Waals surface area (Å²) in [6, 6.07) is 15.0. The van der Waals surface area contributed by atoms with Crippen molar-refractivity contribution in [2.24, 2.45) is 0 Å². The normalized spacial score (nSPS) is 9.95. The number of ether oxygens (including phenoxy) is 2. The number of aryl methyl sites for hydroxylation is 1. The molecule has 0 saturated heterocycles. The number of hydrogen-bond donors (Lipinski definition) is 0. The van der Waals surface area contributed by atoms with Gasteiger partial charge in [0.05, 0.1) is 0 Å². The van der Waals surface area contributed by atoms with E-state index in [9.17, 15) is 4.79 Å². The van der Waals surface area contributed by atoms with E-state index in [4.69, 9.17) is 9.47 Å². The molecule has 0 saturated carbocycles. The molecule has 0 aromatic heterocycles. The van der Waals surface area contributed by atoms with Gasteiger partial charge >= 0.3 is 0 Å². The largest absolute Gasteiger partial charge is 0.490 e. The molecule has 0 spiro atoms. The van der Waals surface area contributed by atoms with Crippen molar-refractivity contribution in [3.8, 4) is 11.5 Å². The van der Waals surface area contributed by atoms with Crippen LogP contribution in [-0.4, -0.2) is 19.5 Å². The molecule has 3 heteroatoms. The second-order valence-electron chi connectivity index (χ2n) is 4.15. The molecule has 0 aliphatic carbocycles. The first-order valence-corrected chi connectivity index (χ1v) is 6.16. The molecule has 0 N–H and O–H groups in total. The van der Waals surface area contributed by atoms with Crippen LogP contribution in [0.5, 0.6) is 11.5 Å². The molecule has 0 atom stereocenters. The maximum atomic E-state index is 10.7. The van der Waals surface area contributed by atoms with Crippen LogP contribution >= 0.6 is 0 Å². The van der Waals surface area contributed by atoms with E-state index in [1.54, 1.807) is 12.1 Å². The van der Waals surface area contributed by atoms with Gasteiger partial charge in [0.15, 0.2) is 0 Å². The van der Waals surface area contributed by atoms with Gasteiger partial charge in [-0.25, -0.2) is 0 Å². The first-order chi connectivity index (χ1) is 9.29. The lowest BCUT2D eigenvalue weighted by atomic mass is 10.1. The van der Waals surface area contributed by atoms with Gasteiger partial charge in [-0.1, -0.05) is 18.2 Å². The van der Waals surface area contributed by atoms with Crippen molar-refractivity contribution < 1.29 is 14.3 Å². The lowest BCUT2D eigenvalue weighted by molar-refractivity contribution is 0.112. The number of carbonyl (C=O) groups excluding carboxylic acids is 1. The Morgan fingerprint density at radius 3 is 2.26 bits per heavy atom. The van der Waals surface area contributed by atoms with Crippen LogP contribution in [0.15, 0.2) is 48.5 Å². The SMILES string of the molecule is Cc1cc(OCCOc2ccccc2)ccc1C=O. The number of benzene rings is 2. The van der Waals surface area contributed by atoms with Crippen LogP contribution in [0.4, 0.5) is 0 Å². The van der Waals surface area contributed by atoms with Gasteiger partial charge in [0.25, 0.3) is 0 Å². The molecule has 0 aliphatic heterocycles. The van der Waals surface area contributed by atoms with Gasteiger partial charge in [0.2, 0.25) is 0 Å². The van der Waals surface area contributed by atoms with E-state index in [1.807, 2.05) is 43.3 Å². The van der Waals surface area contributed by atoms with E-state index in [2.05, 4.69) is 0 Å². The van der Waals surface area contributed by atoms with Gasteiger partial charge < -0.3 is 9.47 Å². The fraction of sp³-hybridized carbons (Fsp3) is 0.188. The van der Waals surface area contributed by atoms with Crippen LogP contribution in [0.25, 0.3) is 0 Å². The number of carbonyl (C=O) groups is 1. The first kappa shape index (κ1) is 13.1. The summed E-state index contributed by atoms with van der Waals surface area (Å²) in [5, 5.41) is 0. The molecule has 0 bridgehead atoms. The number of aldehydes is 1. The second kappa shape index (κ2) is 6.59. The number of hydrogen-bond acceptors (Lipinski definition) is 3. The molecule has 3 nitrogen and oxygen atoms in total. The standard InChI is InChI=1S/C16H16O3/c1-13-11-16(8-7-14(13)12-17)19-10-9-18-15-5-3-2-4-6-15/h2-8,11-12H,9-10H2,1H3. The van der Waals surface area contributed by atoms with Gasteiger partial charge in [0, 0.05) is 5.56 Å². The van der Waals surface area contributed by atoms with Crippen molar-refractivity contribution >= 4 is 6.29 Å². The van der Waals surface area contributed by atoms with Crippen LogP contribution in [0.3, 0.4) is 0 Å². The van der Waals surface area contributed by atoms with Crippen molar-refractivity contribution in [3.63, 3.8) is 0 Å². The predicted molar refractivity (Wildman–Crippen MR) is 74.0 cm³/mol.